The van der Waals surface area contributed by atoms with Crippen molar-refractivity contribution in [1.82, 2.24) is 6.15 Å². The van der Waals surface area contributed by atoms with Crippen LogP contribution in [0.2, 0.25) is 0 Å². The number of rotatable bonds is 0. The van der Waals surface area contributed by atoms with Crippen LogP contribution in [0.25, 0.3) is 0 Å². The summed E-state index contributed by atoms with van der Waals surface area (Å²) in [4.78, 5) is 0. The van der Waals surface area contributed by atoms with Crippen LogP contribution in [-0.4, -0.2) is 0 Å². The summed E-state index contributed by atoms with van der Waals surface area (Å²) in [5, 5.41) is 0. The van der Waals surface area contributed by atoms with Gasteiger partial charge >= 0.3 is 0 Å². The van der Waals surface area contributed by atoms with Gasteiger partial charge in [0.05, 0.1) is 0 Å². The summed E-state index contributed by atoms with van der Waals surface area (Å²) >= 11 is 0. The molecule has 0 amide bonds. The fourth-order valence-electron chi connectivity index (χ4n) is 0. The van der Waals surface area contributed by atoms with E-state index >= 15 is 0 Å². The van der Waals surface area contributed by atoms with Crippen molar-refractivity contribution < 1.29 is 92.8 Å². The van der Waals surface area contributed by atoms with Crippen LogP contribution in [0.1, 0.15) is 0 Å². The molecule has 32 valence electrons. The summed E-state index contributed by atoms with van der Waals surface area (Å²) in [6, 6.07) is 0. The number of hydrogen-bond acceptors (Lipinski definition) is 1. The van der Waals surface area contributed by atoms with Crippen molar-refractivity contribution in [2.24, 2.45) is 0 Å². The van der Waals surface area contributed by atoms with Gasteiger partial charge in [0.2, 0.25) is 0 Å². The molecular weight excluding hydrogens is 205 g/mol. The maximum atomic E-state index is 0. The van der Waals surface area contributed by atoms with E-state index in [0.717, 1.165) is 0 Å². The molecule has 0 spiro atoms. The molecule has 0 saturated carbocycles. The maximum absolute atomic E-state index is 0. The van der Waals surface area contributed by atoms with E-state index in [1.807, 2.05) is 0 Å². The zero-order chi connectivity index (χ0) is 0. The molecule has 0 aliphatic carbocycles. The zero-order valence-corrected chi connectivity index (χ0v) is 4.49. The maximum Gasteiger partial charge on any atom is 0 e. The van der Waals surface area contributed by atoms with E-state index in [2.05, 4.69) is 0 Å². The molecule has 0 aliphatic rings. The van der Waals surface area contributed by atoms with Crippen molar-refractivity contribution in [2.45, 2.75) is 0 Å². The summed E-state index contributed by atoms with van der Waals surface area (Å²) in [5.74, 6) is 0. The Bertz CT molecular complexity index is 8.00. The van der Waals surface area contributed by atoms with Gasteiger partial charge in [-0.15, -0.1) is 0 Å². The summed E-state index contributed by atoms with van der Waals surface area (Å²) in [6.07, 6.45) is 0. The van der Waals surface area contributed by atoms with Crippen molar-refractivity contribution in [3.05, 3.63) is 0 Å². The molecule has 0 aromatic heterocycles. The number of hydrogen-bond donors (Lipinski definition) is 1. The van der Waals surface area contributed by atoms with Gasteiger partial charge in [0, 0.05) is 92.8 Å². The van der Waals surface area contributed by atoms with Crippen LogP contribution in [0.5, 0.6) is 0 Å². The van der Waals surface area contributed by atoms with E-state index in [4.69, 9.17) is 0 Å². The molecule has 0 unspecified atom stereocenters. The molecule has 0 aromatic carbocycles. The average molecular weight is 208 g/mol. The van der Waals surface area contributed by atoms with Crippen LogP contribution in [0.15, 0.2) is 0 Å². The Hall–Kier alpha value is 2.70. The molecule has 0 heterocycles. The van der Waals surface area contributed by atoms with Gasteiger partial charge in [-0.1, -0.05) is 0 Å². The Morgan fingerprint density at radius 1 is 1.00 bits per heavy atom. The molecule has 0 aromatic rings. The molecule has 0 rings (SSSR count). The van der Waals surface area contributed by atoms with Crippen molar-refractivity contribution in [2.75, 3.05) is 0 Å². The van der Waals surface area contributed by atoms with Gasteiger partial charge in [-0.25, -0.2) is 0 Å². The Balaban J connectivity index is 0. The fourth-order valence-corrected chi connectivity index (χ4v) is 0. The van der Waals surface area contributed by atoms with Crippen molar-refractivity contribution in [1.29, 1.82) is 0 Å². The summed E-state index contributed by atoms with van der Waals surface area (Å²) < 4.78 is 0. The topological polar surface area (TPSA) is 35.0 Å². The minimum absolute atomic E-state index is 0. The van der Waals surface area contributed by atoms with Crippen LogP contribution in [0.4, 0.5) is 0 Å². The minimum atomic E-state index is 0. The monoisotopic (exact) mass is 209 g/mol. The van der Waals surface area contributed by atoms with Crippen LogP contribution < -0.4 is 6.15 Å². The summed E-state index contributed by atoms with van der Waals surface area (Å²) in [5.41, 5.74) is 0. The van der Waals surface area contributed by atoms with Crippen LogP contribution in [0.3, 0.4) is 0 Å². The van der Waals surface area contributed by atoms with Crippen molar-refractivity contribution in [3.8, 4) is 0 Å². The molecule has 0 bridgehead atoms. The fraction of sp³-hybridized carbons (Fsp3) is 0. The molecule has 0 fully saturated rings. The summed E-state index contributed by atoms with van der Waals surface area (Å²) in [6.45, 7) is 0. The smallest absolute Gasteiger partial charge is 0 e. The van der Waals surface area contributed by atoms with E-state index in [9.17, 15) is 0 Å². The Kier molecular flexibility index (Phi) is 129. The summed E-state index contributed by atoms with van der Waals surface area (Å²) in [7, 11) is 0. The predicted octanol–water partition coefficient (Wildman–Crippen LogP) is 0.162. The van der Waals surface area contributed by atoms with Gasteiger partial charge in [-0.2, -0.15) is 0 Å². The van der Waals surface area contributed by atoms with E-state index in [1.54, 1.807) is 0 Å². The first-order valence-corrected chi connectivity index (χ1v) is 0. The van der Waals surface area contributed by atoms with E-state index in [0.29, 0.717) is 0 Å². The average Bonchev–Trinajstić information content (AvgIpc) is 0. The Morgan fingerprint density at radius 2 is 1.00 bits per heavy atom. The zero-order valence-electron chi connectivity index (χ0n) is 1.77. The molecular formula is H3ArNNeXe. The van der Waals surface area contributed by atoms with E-state index in [-0.39, 0.29) is 98.9 Å². The molecule has 1 nitrogen and oxygen atoms in total. The standard InChI is InChI=1S/Ar.H3N.Ne.Xe/h;1H3;;. The second kappa shape index (κ2) is 17.3. The largest absolute Gasteiger partial charge is 0.344 e. The second-order valence-corrected chi connectivity index (χ2v) is 0. The van der Waals surface area contributed by atoms with Crippen molar-refractivity contribution >= 4 is 0 Å². The third-order valence-electron chi connectivity index (χ3n) is 0. The minimum Gasteiger partial charge on any atom is -0.344 e. The van der Waals surface area contributed by atoms with Gasteiger partial charge in [-0.3, -0.25) is 0 Å². The van der Waals surface area contributed by atoms with Crippen LogP contribution >= 0.6 is 0 Å². The van der Waals surface area contributed by atoms with Crippen LogP contribution in [0, 0.1) is 92.8 Å². The molecule has 4 heteroatoms. The normalized spacial score (nSPS) is 0. The van der Waals surface area contributed by atoms with Gasteiger partial charge in [0.25, 0.3) is 0 Å². The SMILES string of the molecule is N.[Ar].[Ne].[Xe]. The molecule has 0 radical (unpaired) electrons. The Labute approximate surface area is 96.3 Å². The first-order valence-electron chi connectivity index (χ1n) is 0. The molecule has 0 aliphatic heterocycles. The molecule has 0 saturated heterocycles. The van der Waals surface area contributed by atoms with Gasteiger partial charge < -0.3 is 6.15 Å². The Morgan fingerprint density at radius 3 is 1.00 bits per heavy atom. The first-order chi connectivity index (χ1) is 0. The van der Waals surface area contributed by atoms with Gasteiger partial charge in [-0.05, 0) is 0 Å². The van der Waals surface area contributed by atoms with Gasteiger partial charge in [0.1, 0.15) is 0 Å². The second-order valence-electron chi connectivity index (χ2n) is 0. The van der Waals surface area contributed by atoms with Gasteiger partial charge in [0.15, 0.2) is 0 Å². The third kappa shape index (κ3) is 8.83. The molecule has 3 N–H and O–H groups in total. The third-order valence-corrected chi connectivity index (χ3v) is 0. The van der Waals surface area contributed by atoms with E-state index in [1.165, 1.54) is 0 Å². The quantitative estimate of drug-likeness (QED) is 0.605. The predicted molar refractivity (Wildman–Crippen MR) is 5.02 cm³/mol. The van der Waals surface area contributed by atoms with Crippen LogP contribution in [-0.2, 0) is 0 Å². The first kappa shape index (κ1) is 29.9. The molecule has 0 atom stereocenters. The molecule has 4 heavy (non-hydrogen) atoms. The van der Waals surface area contributed by atoms with Crippen molar-refractivity contribution in [3.63, 3.8) is 0 Å². The van der Waals surface area contributed by atoms with E-state index < -0.39 is 0 Å².